The maximum absolute atomic E-state index is 6.64. The predicted molar refractivity (Wildman–Crippen MR) is 283 cm³/mol. The molecule has 2 atom stereocenters. The number of ether oxygens (including phenoxy) is 1. The minimum atomic E-state index is -0.145. The van der Waals surface area contributed by atoms with Gasteiger partial charge < -0.3 is 18.3 Å². The minimum absolute atomic E-state index is 0.0488. The summed E-state index contributed by atoms with van der Waals surface area (Å²) in [6, 6.07) is 72.8. The molecule has 1 aliphatic carbocycles. The van der Waals surface area contributed by atoms with Crippen molar-refractivity contribution in [3.63, 3.8) is 0 Å². The molecule has 7 nitrogen and oxygen atoms in total. The van der Waals surface area contributed by atoms with Crippen LogP contribution in [0.2, 0.25) is 0 Å². The normalized spacial score (nSPS) is 15.3. The zero-order valence-electron chi connectivity index (χ0n) is 37.6. The summed E-state index contributed by atoms with van der Waals surface area (Å²) in [6.45, 7) is 0. The van der Waals surface area contributed by atoms with E-state index in [1.54, 1.807) is 0 Å². The average molecular weight is 898 g/mol. The second-order valence-corrected chi connectivity index (χ2v) is 18.2. The van der Waals surface area contributed by atoms with E-state index < -0.39 is 0 Å². The summed E-state index contributed by atoms with van der Waals surface area (Å²) in [6.07, 6.45) is 6.16. The van der Waals surface area contributed by atoms with Crippen molar-refractivity contribution in [2.75, 3.05) is 0 Å². The van der Waals surface area contributed by atoms with Gasteiger partial charge in [-0.15, -0.1) is 0 Å². The summed E-state index contributed by atoms with van der Waals surface area (Å²) in [7, 11) is 0. The third-order valence-electron chi connectivity index (χ3n) is 14.3. The first-order valence-corrected chi connectivity index (χ1v) is 23.7. The second-order valence-electron chi connectivity index (χ2n) is 18.2. The Balaban J connectivity index is 0.927. The Hall–Kier alpha value is -9.33. The lowest BCUT2D eigenvalue weighted by atomic mass is 9.84. The Labute approximate surface area is 401 Å². The highest BCUT2D eigenvalue weighted by atomic mass is 16.5. The van der Waals surface area contributed by atoms with Crippen LogP contribution in [0.5, 0.6) is 5.75 Å². The van der Waals surface area contributed by atoms with E-state index in [4.69, 9.17) is 24.1 Å². The van der Waals surface area contributed by atoms with E-state index in [0.717, 1.165) is 78.0 Å². The van der Waals surface area contributed by atoms with Gasteiger partial charge in [0.2, 0.25) is 0 Å². The van der Waals surface area contributed by atoms with Crippen molar-refractivity contribution in [3.8, 4) is 51.0 Å². The first-order chi connectivity index (χ1) is 34.7. The molecule has 70 heavy (non-hydrogen) atoms. The lowest BCUT2D eigenvalue weighted by molar-refractivity contribution is 0.271. The van der Waals surface area contributed by atoms with E-state index in [1.807, 2.05) is 42.5 Å². The van der Waals surface area contributed by atoms with Crippen LogP contribution in [0.1, 0.15) is 17.3 Å². The number of aromatic nitrogens is 5. The molecule has 328 valence electrons. The average Bonchev–Trinajstić information content (AvgIpc) is 4.19. The largest absolute Gasteiger partial charge is 0.485 e. The lowest BCUT2D eigenvalue weighted by Crippen LogP contribution is -2.20. The molecular weight excluding hydrogens is 859 g/mol. The standard InChI is InChI=1S/C63H39N5O2/c1-4-16-38(17-5-1)61-64-62(47-24-14-28-55-57(47)46-23-11-13-27-53(46)69-55)66-63(65-61)48-25-15-29-56-58(48)50-37-40(31-35-54(50)70-56)39-30-34-52-49(36-39)45-33-32-44-43-22-10-12-26-51(43)67(41-18-6-2-7-19-41)59(44)60(45)68(52)42-20-8-3-9-21-42/h1-37,55,57H. The topological polar surface area (TPSA) is 70.9 Å². The third kappa shape index (κ3) is 5.78. The molecule has 7 heteroatoms. The quantitative estimate of drug-likeness (QED) is 0.166. The van der Waals surface area contributed by atoms with Crippen LogP contribution in [-0.2, 0) is 0 Å². The van der Waals surface area contributed by atoms with Crippen molar-refractivity contribution in [1.82, 2.24) is 24.1 Å². The molecule has 0 fully saturated rings. The van der Waals surface area contributed by atoms with Crippen molar-refractivity contribution in [3.05, 3.63) is 236 Å². The number of rotatable bonds is 6. The Kier molecular flexibility index (Phi) is 8.35. The van der Waals surface area contributed by atoms with E-state index in [0.29, 0.717) is 17.5 Å². The van der Waals surface area contributed by atoms with E-state index >= 15 is 0 Å². The Morgan fingerprint density at radius 3 is 1.84 bits per heavy atom. The van der Waals surface area contributed by atoms with Crippen LogP contribution in [0.3, 0.4) is 0 Å². The maximum Gasteiger partial charge on any atom is 0.164 e. The molecule has 4 aromatic heterocycles. The van der Waals surface area contributed by atoms with Crippen molar-refractivity contribution in [2.45, 2.75) is 12.0 Å². The Morgan fingerprint density at radius 2 is 1.06 bits per heavy atom. The van der Waals surface area contributed by atoms with Crippen LogP contribution >= 0.6 is 0 Å². The molecule has 2 aliphatic rings. The van der Waals surface area contributed by atoms with Crippen LogP contribution < -0.4 is 4.74 Å². The number of benzene rings is 9. The number of allylic oxidation sites excluding steroid dienone is 2. The van der Waals surface area contributed by atoms with Gasteiger partial charge >= 0.3 is 0 Å². The molecule has 9 aromatic carbocycles. The van der Waals surface area contributed by atoms with E-state index in [1.165, 1.54) is 38.1 Å². The molecule has 0 radical (unpaired) electrons. The fourth-order valence-corrected chi connectivity index (χ4v) is 11.3. The highest BCUT2D eigenvalue weighted by molar-refractivity contribution is 6.24. The summed E-state index contributed by atoms with van der Waals surface area (Å²) < 4.78 is 18.0. The molecule has 2 unspecified atom stereocenters. The van der Waals surface area contributed by atoms with E-state index in [9.17, 15) is 0 Å². The molecule has 0 amide bonds. The lowest BCUT2D eigenvalue weighted by Gasteiger charge is -2.22. The fourth-order valence-electron chi connectivity index (χ4n) is 11.3. The highest BCUT2D eigenvalue weighted by Gasteiger charge is 2.38. The van der Waals surface area contributed by atoms with Gasteiger partial charge in [-0.25, -0.2) is 15.0 Å². The Bertz CT molecular complexity index is 4340. The summed E-state index contributed by atoms with van der Waals surface area (Å²) in [4.78, 5) is 15.7. The van der Waals surface area contributed by atoms with Crippen LogP contribution in [0, 0.1) is 0 Å². The minimum Gasteiger partial charge on any atom is -0.485 e. The van der Waals surface area contributed by atoms with E-state index in [-0.39, 0.29) is 12.0 Å². The number of para-hydroxylation sites is 4. The first kappa shape index (κ1) is 38.7. The molecule has 13 aromatic rings. The van der Waals surface area contributed by atoms with Crippen LogP contribution in [0.25, 0.3) is 116 Å². The van der Waals surface area contributed by atoms with E-state index in [2.05, 4.69) is 191 Å². The van der Waals surface area contributed by atoms with Gasteiger partial charge in [0, 0.05) is 66.0 Å². The van der Waals surface area contributed by atoms with Gasteiger partial charge in [0.15, 0.2) is 17.5 Å². The number of hydrogen-bond donors (Lipinski definition) is 0. The van der Waals surface area contributed by atoms with Crippen molar-refractivity contribution in [2.24, 2.45) is 0 Å². The van der Waals surface area contributed by atoms with Gasteiger partial charge in [0.25, 0.3) is 0 Å². The van der Waals surface area contributed by atoms with Gasteiger partial charge in [-0.3, -0.25) is 0 Å². The molecule has 15 rings (SSSR count). The Morgan fingerprint density at radius 1 is 0.429 bits per heavy atom. The van der Waals surface area contributed by atoms with Gasteiger partial charge in [-0.1, -0.05) is 152 Å². The molecule has 0 saturated heterocycles. The second kappa shape index (κ2) is 15.1. The molecule has 0 spiro atoms. The third-order valence-corrected chi connectivity index (χ3v) is 14.3. The predicted octanol–water partition coefficient (Wildman–Crippen LogP) is 15.5. The molecule has 1 aliphatic heterocycles. The monoisotopic (exact) mass is 897 g/mol. The number of nitrogens with zero attached hydrogens (tertiary/aromatic N) is 5. The summed E-state index contributed by atoms with van der Waals surface area (Å²) in [5.41, 5.74) is 14.6. The van der Waals surface area contributed by atoms with Gasteiger partial charge in [-0.05, 0) is 83.9 Å². The number of fused-ring (bicyclic) bond motifs is 13. The molecule has 0 saturated carbocycles. The number of furan rings is 1. The van der Waals surface area contributed by atoms with Crippen LogP contribution in [0.15, 0.2) is 229 Å². The smallest absolute Gasteiger partial charge is 0.164 e. The summed E-state index contributed by atoms with van der Waals surface area (Å²) >= 11 is 0. The van der Waals surface area contributed by atoms with Crippen molar-refractivity contribution < 1.29 is 9.15 Å². The molecule has 5 heterocycles. The zero-order chi connectivity index (χ0) is 45.9. The van der Waals surface area contributed by atoms with Crippen LogP contribution in [0.4, 0.5) is 0 Å². The van der Waals surface area contributed by atoms with Gasteiger partial charge in [0.1, 0.15) is 23.0 Å². The molecular formula is C63H39N5O2. The summed E-state index contributed by atoms with van der Waals surface area (Å²) in [5, 5.41) is 6.76. The maximum atomic E-state index is 6.64. The molecule has 0 bridgehead atoms. The first-order valence-electron chi connectivity index (χ1n) is 23.7. The van der Waals surface area contributed by atoms with Gasteiger partial charge in [-0.2, -0.15) is 0 Å². The zero-order valence-corrected chi connectivity index (χ0v) is 37.6. The van der Waals surface area contributed by atoms with Crippen molar-refractivity contribution in [1.29, 1.82) is 0 Å². The number of hydrogen-bond acceptors (Lipinski definition) is 5. The van der Waals surface area contributed by atoms with Crippen molar-refractivity contribution >= 4 is 71.1 Å². The van der Waals surface area contributed by atoms with Gasteiger partial charge in [0.05, 0.1) is 28.0 Å². The molecule has 0 N–H and O–H groups in total. The SMILES string of the molecule is C1=CC2Oc3ccccc3C2C(c2nc(-c3ccccc3)nc(-c3cccc4oc5ccc(-c6ccc7c(c6)c6ccc8c9ccccc9n(-c9ccccc9)c8c6n7-c6ccccc6)cc5c34)n2)=C1. The highest BCUT2D eigenvalue weighted by Crippen LogP contribution is 2.48. The van der Waals surface area contributed by atoms with Crippen LogP contribution in [-0.4, -0.2) is 30.2 Å². The fraction of sp³-hybridized carbons (Fsp3) is 0.0317. The summed E-state index contributed by atoms with van der Waals surface area (Å²) in [5.74, 6) is 2.65.